The fourth-order valence-corrected chi connectivity index (χ4v) is 3.44. The molecule has 7 heteroatoms. The summed E-state index contributed by atoms with van der Waals surface area (Å²) < 4.78 is 15.8. The molecule has 0 fully saturated rings. The van der Waals surface area contributed by atoms with Gasteiger partial charge in [0.25, 0.3) is 5.56 Å². The lowest BCUT2D eigenvalue weighted by Crippen LogP contribution is -2.23. The van der Waals surface area contributed by atoms with Crippen molar-refractivity contribution in [2.45, 2.75) is 0 Å². The molecule has 118 valence electrons. The Labute approximate surface area is 148 Å². The van der Waals surface area contributed by atoms with Crippen molar-refractivity contribution in [1.29, 1.82) is 0 Å². The Morgan fingerprint density at radius 1 is 1.08 bits per heavy atom. The standard InChI is InChI=1S/C17H9BrFN3OS/c18-12-5-1-10(2-6-12)9-14-16(23)22-17(24-14)20-15(21-22)11-3-7-13(19)8-4-11/h1-9H/b14-9-. The van der Waals surface area contributed by atoms with Gasteiger partial charge in [-0.2, -0.15) is 9.50 Å². The molecule has 0 amide bonds. The molecule has 0 N–H and O–H groups in total. The van der Waals surface area contributed by atoms with Crippen LogP contribution in [-0.2, 0) is 0 Å². The number of thiazole rings is 1. The van der Waals surface area contributed by atoms with Crippen LogP contribution in [0, 0.1) is 5.82 Å². The predicted octanol–water partition coefficient (Wildman–Crippen LogP) is 3.27. The Bertz CT molecular complexity index is 1130. The summed E-state index contributed by atoms with van der Waals surface area (Å²) in [4.78, 5) is 17.4. The van der Waals surface area contributed by atoms with Gasteiger partial charge >= 0.3 is 0 Å². The topological polar surface area (TPSA) is 47.3 Å². The highest BCUT2D eigenvalue weighted by Gasteiger charge is 2.11. The Balaban J connectivity index is 1.79. The van der Waals surface area contributed by atoms with Gasteiger partial charge in [-0.3, -0.25) is 4.79 Å². The zero-order chi connectivity index (χ0) is 16.7. The SMILES string of the molecule is O=c1/c(=C/c2ccc(Br)cc2)sc2nc(-c3ccc(F)cc3)nn12. The van der Waals surface area contributed by atoms with Crippen molar-refractivity contribution in [2.75, 3.05) is 0 Å². The highest BCUT2D eigenvalue weighted by molar-refractivity contribution is 9.10. The Kier molecular flexibility index (Phi) is 3.74. The molecule has 0 radical (unpaired) electrons. The van der Waals surface area contributed by atoms with Gasteiger partial charge in [0, 0.05) is 10.0 Å². The Morgan fingerprint density at radius 3 is 2.46 bits per heavy atom. The second kappa shape index (κ2) is 5.92. The van der Waals surface area contributed by atoms with E-state index in [1.807, 2.05) is 30.3 Å². The summed E-state index contributed by atoms with van der Waals surface area (Å²) in [6.45, 7) is 0. The fourth-order valence-electron chi connectivity index (χ4n) is 2.27. The molecule has 4 rings (SSSR count). The molecule has 0 saturated carbocycles. The quantitative estimate of drug-likeness (QED) is 0.517. The van der Waals surface area contributed by atoms with Crippen LogP contribution in [-0.4, -0.2) is 14.6 Å². The van der Waals surface area contributed by atoms with E-state index < -0.39 is 0 Å². The maximum Gasteiger partial charge on any atom is 0.291 e. The first kappa shape index (κ1) is 15.2. The molecule has 0 saturated heterocycles. The van der Waals surface area contributed by atoms with Crippen LogP contribution in [0.1, 0.15) is 5.56 Å². The van der Waals surface area contributed by atoms with Gasteiger partial charge in [0.05, 0.1) is 4.53 Å². The van der Waals surface area contributed by atoms with Crippen LogP contribution in [0.25, 0.3) is 22.4 Å². The van der Waals surface area contributed by atoms with Crippen molar-refractivity contribution in [2.24, 2.45) is 0 Å². The van der Waals surface area contributed by atoms with Crippen LogP contribution in [0.3, 0.4) is 0 Å². The number of rotatable bonds is 2. The number of nitrogens with zero attached hydrogens (tertiary/aromatic N) is 3. The van der Waals surface area contributed by atoms with E-state index in [-0.39, 0.29) is 11.4 Å². The van der Waals surface area contributed by atoms with Crippen molar-refractivity contribution in [3.8, 4) is 11.4 Å². The largest absolute Gasteiger partial charge is 0.291 e. The summed E-state index contributed by atoms with van der Waals surface area (Å²) in [5.74, 6) is 0.0872. The monoisotopic (exact) mass is 401 g/mol. The van der Waals surface area contributed by atoms with E-state index in [1.165, 1.54) is 28.0 Å². The summed E-state index contributed by atoms with van der Waals surface area (Å²) >= 11 is 4.66. The first-order valence-corrected chi connectivity index (χ1v) is 8.64. The van der Waals surface area contributed by atoms with Gasteiger partial charge in [0.2, 0.25) is 4.96 Å². The molecule has 0 spiro atoms. The van der Waals surface area contributed by atoms with E-state index in [0.717, 1.165) is 10.0 Å². The van der Waals surface area contributed by atoms with Crippen molar-refractivity contribution in [1.82, 2.24) is 14.6 Å². The summed E-state index contributed by atoms with van der Waals surface area (Å²) in [5, 5.41) is 4.24. The average molecular weight is 402 g/mol. The molecule has 2 aromatic heterocycles. The average Bonchev–Trinajstić information content (AvgIpc) is 3.11. The van der Waals surface area contributed by atoms with Crippen molar-refractivity contribution in [3.05, 3.63) is 79.3 Å². The molecular weight excluding hydrogens is 393 g/mol. The number of aromatic nitrogens is 3. The number of benzene rings is 2. The third-order valence-electron chi connectivity index (χ3n) is 3.45. The molecule has 0 aliphatic carbocycles. The molecule has 0 aliphatic rings. The summed E-state index contributed by atoms with van der Waals surface area (Å²) in [7, 11) is 0. The predicted molar refractivity (Wildman–Crippen MR) is 95.5 cm³/mol. The number of hydrogen-bond donors (Lipinski definition) is 0. The first-order chi connectivity index (χ1) is 11.6. The first-order valence-electron chi connectivity index (χ1n) is 7.03. The Hall–Kier alpha value is -2.38. The maximum atomic E-state index is 13.0. The fraction of sp³-hybridized carbons (Fsp3) is 0. The zero-order valence-electron chi connectivity index (χ0n) is 12.1. The smallest absolute Gasteiger partial charge is 0.266 e. The van der Waals surface area contributed by atoms with Gasteiger partial charge in [0.1, 0.15) is 5.82 Å². The van der Waals surface area contributed by atoms with Gasteiger partial charge in [-0.15, -0.1) is 5.10 Å². The van der Waals surface area contributed by atoms with Gasteiger partial charge in [-0.1, -0.05) is 39.4 Å². The second-order valence-corrected chi connectivity index (χ2v) is 7.03. The number of hydrogen-bond acceptors (Lipinski definition) is 4. The molecule has 2 heterocycles. The molecular formula is C17H9BrFN3OS. The highest BCUT2D eigenvalue weighted by atomic mass is 79.9. The van der Waals surface area contributed by atoms with Crippen LogP contribution in [0.15, 0.2) is 57.8 Å². The lowest BCUT2D eigenvalue weighted by Gasteiger charge is -1.93. The maximum absolute atomic E-state index is 13.0. The molecule has 0 bridgehead atoms. The molecule has 0 aliphatic heterocycles. The minimum absolute atomic E-state index is 0.209. The third-order valence-corrected chi connectivity index (χ3v) is 4.94. The second-order valence-electron chi connectivity index (χ2n) is 5.10. The van der Waals surface area contributed by atoms with Gasteiger partial charge in [-0.05, 0) is 48.0 Å². The number of fused-ring (bicyclic) bond motifs is 1. The van der Waals surface area contributed by atoms with Crippen molar-refractivity contribution < 1.29 is 4.39 Å². The van der Waals surface area contributed by atoms with Crippen molar-refractivity contribution in [3.63, 3.8) is 0 Å². The zero-order valence-corrected chi connectivity index (χ0v) is 14.5. The van der Waals surface area contributed by atoms with E-state index >= 15 is 0 Å². The lowest BCUT2D eigenvalue weighted by atomic mass is 10.2. The molecule has 24 heavy (non-hydrogen) atoms. The van der Waals surface area contributed by atoms with E-state index in [1.54, 1.807) is 12.1 Å². The molecule has 0 unspecified atom stereocenters. The molecule has 4 aromatic rings. The van der Waals surface area contributed by atoms with E-state index in [4.69, 9.17) is 0 Å². The molecule has 4 nitrogen and oxygen atoms in total. The highest BCUT2D eigenvalue weighted by Crippen LogP contribution is 2.17. The number of halogens is 2. The van der Waals surface area contributed by atoms with Crippen LogP contribution in [0.4, 0.5) is 4.39 Å². The van der Waals surface area contributed by atoms with Gasteiger partial charge in [0.15, 0.2) is 5.82 Å². The minimum atomic E-state index is -0.323. The van der Waals surface area contributed by atoms with Crippen molar-refractivity contribution >= 4 is 38.3 Å². The molecule has 2 aromatic carbocycles. The molecule has 0 atom stereocenters. The van der Waals surface area contributed by atoms with Crippen LogP contribution in [0.2, 0.25) is 0 Å². The van der Waals surface area contributed by atoms with Crippen LogP contribution in [0.5, 0.6) is 0 Å². The lowest BCUT2D eigenvalue weighted by molar-refractivity contribution is 0.628. The third kappa shape index (κ3) is 2.76. The van der Waals surface area contributed by atoms with Gasteiger partial charge in [-0.25, -0.2) is 4.39 Å². The summed E-state index contributed by atoms with van der Waals surface area (Å²) in [6, 6.07) is 13.5. The minimum Gasteiger partial charge on any atom is -0.266 e. The normalized spacial score (nSPS) is 12.2. The van der Waals surface area contributed by atoms with Crippen LogP contribution >= 0.6 is 27.3 Å². The summed E-state index contributed by atoms with van der Waals surface area (Å²) in [5.41, 5.74) is 1.39. The van der Waals surface area contributed by atoms with E-state index in [9.17, 15) is 9.18 Å². The van der Waals surface area contributed by atoms with E-state index in [0.29, 0.717) is 20.9 Å². The summed E-state index contributed by atoms with van der Waals surface area (Å²) in [6.07, 6.45) is 1.81. The van der Waals surface area contributed by atoms with E-state index in [2.05, 4.69) is 26.0 Å². The van der Waals surface area contributed by atoms with Crippen LogP contribution < -0.4 is 10.1 Å². The Morgan fingerprint density at radius 2 is 1.79 bits per heavy atom. The van der Waals surface area contributed by atoms with Gasteiger partial charge < -0.3 is 0 Å².